The molecule has 19 heavy (non-hydrogen) atoms. The molecule has 1 atom stereocenters. The molecule has 1 amide bonds. The number of ether oxygens (including phenoxy) is 1. The van der Waals surface area contributed by atoms with Crippen LogP contribution in [-0.4, -0.2) is 37.7 Å². The van der Waals surface area contributed by atoms with E-state index >= 15 is 0 Å². The highest BCUT2D eigenvalue weighted by molar-refractivity contribution is 5.88. The van der Waals surface area contributed by atoms with Gasteiger partial charge in [-0.3, -0.25) is 4.79 Å². The Morgan fingerprint density at radius 2 is 2.16 bits per heavy atom. The smallest absolute Gasteiger partial charge is 0.244 e. The number of anilines is 1. The third-order valence-electron chi connectivity index (χ3n) is 3.32. The van der Waals surface area contributed by atoms with E-state index in [0.717, 1.165) is 11.4 Å². The van der Waals surface area contributed by atoms with Crippen molar-refractivity contribution in [2.75, 3.05) is 25.1 Å². The van der Waals surface area contributed by atoms with Gasteiger partial charge < -0.3 is 20.7 Å². The van der Waals surface area contributed by atoms with Gasteiger partial charge in [-0.25, -0.2) is 0 Å². The van der Waals surface area contributed by atoms with Crippen molar-refractivity contribution < 1.29 is 9.53 Å². The van der Waals surface area contributed by atoms with Gasteiger partial charge in [-0.15, -0.1) is 0 Å². The number of carbonyl (C=O) groups is 1. The van der Waals surface area contributed by atoms with Crippen LogP contribution < -0.4 is 20.7 Å². The number of nitrogens with one attached hydrogen (secondary N) is 1. The van der Waals surface area contributed by atoms with Crippen LogP contribution >= 0.6 is 0 Å². The van der Waals surface area contributed by atoms with Gasteiger partial charge in [0.25, 0.3) is 0 Å². The van der Waals surface area contributed by atoms with Gasteiger partial charge in [0.2, 0.25) is 5.91 Å². The number of nitrogens with two attached hydrogens (primary N) is 1. The van der Waals surface area contributed by atoms with Gasteiger partial charge in [0.15, 0.2) is 0 Å². The maximum Gasteiger partial charge on any atom is 0.244 e. The van der Waals surface area contributed by atoms with Gasteiger partial charge in [-0.05, 0) is 26.0 Å². The average Bonchev–Trinajstić information content (AvgIpc) is 2.37. The minimum Gasteiger partial charge on any atom is -0.495 e. The van der Waals surface area contributed by atoms with E-state index in [9.17, 15) is 4.79 Å². The van der Waals surface area contributed by atoms with Gasteiger partial charge >= 0.3 is 0 Å². The summed E-state index contributed by atoms with van der Waals surface area (Å²) in [5.74, 6) is 0.719. The summed E-state index contributed by atoms with van der Waals surface area (Å²) < 4.78 is 5.38. The molecule has 0 saturated carbocycles. The van der Waals surface area contributed by atoms with Crippen LogP contribution in [0.5, 0.6) is 5.75 Å². The summed E-state index contributed by atoms with van der Waals surface area (Å²) >= 11 is 0. The lowest BCUT2D eigenvalue weighted by Crippen LogP contribution is -2.66. The van der Waals surface area contributed by atoms with Crippen molar-refractivity contribution in [3.05, 3.63) is 24.3 Å². The first-order chi connectivity index (χ1) is 8.98. The zero-order chi connectivity index (χ0) is 14.0. The minimum atomic E-state index is -0.357. The van der Waals surface area contributed by atoms with Crippen molar-refractivity contribution in [2.24, 2.45) is 5.73 Å². The lowest BCUT2D eigenvalue weighted by atomic mass is 9.97. The maximum atomic E-state index is 12.2. The summed E-state index contributed by atoms with van der Waals surface area (Å²) in [6.07, 6.45) is 0. The monoisotopic (exact) mass is 263 g/mol. The third kappa shape index (κ3) is 2.66. The van der Waals surface area contributed by atoms with Crippen LogP contribution in [0.1, 0.15) is 13.8 Å². The number of amides is 1. The molecule has 0 aliphatic carbocycles. The van der Waals surface area contributed by atoms with Crippen LogP contribution in [0.15, 0.2) is 24.3 Å². The van der Waals surface area contributed by atoms with Crippen LogP contribution in [0.3, 0.4) is 0 Å². The van der Waals surface area contributed by atoms with Crippen molar-refractivity contribution in [2.45, 2.75) is 25.4 Å². The summed E-state index contributed by atoms with van der Waals surface area (Å²) in [7, 11) is 1.63. The summed E-state index contributed by atoms with van der Waals surface area (Å²) in [6, 6.07) is 7.34. The van der Waals surface area contributed by atoms with Gasteiger partial charge in [-0.2, -0.15) is 0 Å². The fourth-order valence-corrected chi connectivity index (χ4v) is 2.49. The van der Waals surface area contributed by atoms with Crippen LogP contribution in [-0.2, 0) is 4.79 Å². The van der Waals surface area contributed by atoms with Crippen molar-refractivity contribution in [1.29, 1.82) is 0 Å². The molecule has 1 saturated heterocycles. The molecule has 2 rings (SSSR count). The summed E-state index contributed by atoms with van der Waals surface area (Å²) in [5.41, 5.74) is 6.38. The molecular weight excluding hydrogens is 242 g/mol. The molecule has 0 aromatic heterocycles. The molecule has 3 N–H and O–H groups in total. The van der Waals surface area contributed by atoms with E-state index in [1.54, 1.807) is 7.11 Å². The quantitative estimate of drug-likeness (QED) is 0.844. The Balaban J connectivity index is 2.41. The van der Waals surface area contributed by atoms with Crippen molar-refractivity contribution >= 4 is 11.6 Å². The first kappa shape index (κ1) is 13.7. The first-order valence-corrected chi connectivity index (χ1v) is 6.40. The summed E-state index contributed by atoms with van der Waals surface area (Å²) in [4.78, 5) is 14.2. The largest absolute Gasteiger partial charge is 0.495 e. The van der Waals surface area contributed by atoms with Gasteiger partial charge in [-0.1, -0.05) is 12.1 Å². The van der Waals surface area contributed by atoms with Crippen molar-refractivity contribution in [3.8, 4) is 5.75 Å². The van der Waals surface area contributed by atoms with E-state index in [0.29, 0.717) is 6.54 Å². The lowest BCUT2D eigenvalue weighted by molar-refractivity contribution is -0.125. The topological polar surface area (TPSA) is 67.6 Å². The second-order valence-electron chi connectivity index (χ2n) is 5.42. The summed E-state index contributed by atoms with van der Waals surface area (Å²) in [6.45, 7) is 4.97. The highest BCUT2D eigenvalue weighted by Gasteiger charge is 2.38. The fraction of sp³-hybridized carbons (Fsp3) is 0.500. The van der Waals surface area contributed by atoms with E-state index in [-0.39, 0.29) is 24.0 Å². The Morgan fingerprint density at radius 1 is 1.47 bits per heavy atom. The van der Waals surface area contributed by atoms with E-state index in [1.165, 1.54) is 0 Å². The Morgan fingerprint density at radius 3 is 2.79 bits per heavy atom. The van der Waals surface area contributed by atoms with E-state index in [4.69, 9.17) is 10.5 Å². The maximum absolute atomic E-state index is 12.2. The number of benzene rings is 1. The number of nitrogens with zero attached hydrogens (tertiary/aromatic N) is 1. The Bertz CT molecular complexity index is 474. The molecule has 1 unspecified atom stereocenters. The standard InChI is InChI=1S/C14H21N3O2/c1-14(2)9-17(11(8-15)13(18)16-14)10-6-4-5-7-12(10)19-3/h4-7,11H,8-9,15H2,1-3H3,(H,16,18). The zero-order valence-corrected chi connectivity index (χ0v) is 11.6. The molecule has 1 aliphatic rings. The number of rotatable bonds is 3. The van der Waals surface area contributed by atoms with Crippen molar-refractivity contribution in [3.63, 3.8) is 0 Å². The number of hydrogen-bond acceptors (Lipinski definition) is 4. The highest BCUT2D eigenvalue weighted by atomic mass is 16.5. The fourth-order valence-electron chi connectivity index (χ4n) is 2.49. The molecule has 5 heteroatoms. The molecule has 1 heterocycles. The third-order valence-corrected chi connectivity index (χ3v) is 3.32. The molecule has 104 valence electrons. The Labute approximate surface area is 113 Å². The second-order valence-corrected chi connectivity index (χ2v) is 5.42. The Kier molecular flexibility index (Phi) is 3.66. The van der Waals surface area contributed by atoms with E-state index < -0.39 is 0 Å². The number of hydrogen-bond donors (Lipinski definition) is 2. The SMILES string of the molecule is COc1ccccc1N1CC(C)(C)NC(=O)C1CN. The molecule has 5 nitrogen and oxygen atoms in total. The molecule has 1 aliphatic heterocycles. The molecule has 1 fully saturated rings. The normalized spacial score (nSPS) is 22.0. The molecule has 1 aromatic rings. The van der Waals surface area contributed by atoms with E-state index in [2.05, 4.69) is 5.32 Å². The number of methoxy groups -OCH3 is 1. The first-order valence-electron chi connectivity index (χ1n) is 6.40. The van der Waals surface area contributed by atoms with Crippen LogP contribution in [0.25, 0.3) is 0 Å². The van der Waals surface area contributed by atoms with E-state index in [1.807, 2.05) is 43.0 Å². The zero-order valence-electron chi connectivity index (χ0n) is 11.6. The predicted molar refractivity (Wildman–Crippen MR) is 75.4 cm³/mol. The molecule has 0 bridgehead atoms. The number of para-hydroxylation sites is 2. The molecule has 0 spiro atoms. The van der Waals surface area contributed by atoms with Crippen LogP contribution in [0.2, 0.25) is 0 Å². The van der Waals surface area contributed by atoms with Gasteiger partial charge in [0.1, 0.15) is 11.8 Å². The van der Waals surface area contributed by atoms with Crippen LogP contribution in [0.4, 0.5) is 5.69 Å². The second kappa shape index (κ2) is 5.09. The molecule has 1 aromatic carbocycles. The predicted octanol–water partition coefficient (Wildman–Crippen LogP) is 0.737. The number of piperazine rings is 1. The van der Waals surface area contributed by atoms with Crippen LogP contribution in [0, 0.1) is 0 Å². The van der Waals surface area contributed by atoms with Crippen molar-refractivity contribution in [1.82, 2.24) is 5.32 Å². The summed E-state index contributed by atoms with van der Waals surface area (Å²) in [5, 5.41) is 2.99. The molecule has 0 radical (unpaired) electrons. The van der Waals surface area contributed by atoms with Gasteiger partial charge in [0.05, 0.1) is 18.3 Å². The average molecular weight is 263 g/mol. The van der Waals surface area contributed by atoms with Gasteiger partial charge in [0, 0.05) is 13.1 Å². The minimum absolute atomic E-state index is 0.0374. The Hall–Kier alpha value is -1.75. The highest BCUT2D eigenvalue weighted by Crippen LogP contribution is 2.32. The molecular formula is C14H21N3O2. The lowest BCUT2D eigenvalue weighted by Gasteiger charge is -2.44. The number of carbonyl (C=O) groups excluding carboxylic acids is 1.